The minimum absolute atomic E-state index is 0.257. The Morgan fingerprint density at radius 1 is 1.15 bits per heavy atom. The highest BCUT2D eigenvalue weighted by atomic mass is 35.5. The van der Waals surface area contributed by atoms with E-state index in [9.17, 15) is 14.8 Å². The lowest BCUT2D eigenvalue weighted by molar-refractivity contribution is 0.0942. The van der Waals surface area contributed by atoms with Crippen molar-refractivity contribution in [3.8, 4) is 5.69 Å². The standard InChI is InChI=1S/C18H17BClN3O3/c20-15-8-6-13(7-9-15)10-17(19(25)26)22-18(24)14-11-21-23(12-14)16-4-2-1-3-5-16/h1-9,11-12,17,25-26H,10H2,(H,22,24)/t17-/m0/s1. The molecule has 132 valence electrons. The molecule has 0 fully saturated rings. The zero-order chi connectivity index (χ0) is 18.5. The molecule has 3 N–H and O–H groups in total. The van der Waals surface area contributed by atoms with Crippen molar-refractivity contribution in [2.75, 3.05) is 0 Å². The number of carbonyl (C=O) groups excluding carboxylic acids is 1. The summed E-state index contributed by atoms with van der Waals surface area (Å²) in [5, 5.41) is 26.6. The van der Waals surface area contributed by atoms with E-state index >= 15 is 0 Å². The molecule has 6 nitrogen and oxygen atoms in total. The van der Waals surface area contributed by atoms with E-state index in [4.69, 9.17) is 11.6 Å². The molecule has 0 radical (unpaired) electrons. The fourth-order valence-electron chi connectivity index (χ4n) is 2.52. The fourth-order valence-corrected chi connectivity index (χ4v) is 2.65. The van der Waals surface area contributed by atoms with Crippen molar-refractivity contribution in [1.29, 1.82) is 0 Å². The monoisotopic (exact) mass is 369 g/mol. The Kier molecular flexibility index (Phi) is 5.73. The van der Waals surface area contributed by atoms with Crippen molar-refractivity contribution in [2.24, 2.45) is 0 Å². The van der Waals surface area contributed by atoms with Crippen molar-refractivity contribution in [1.82, 2.24) is 15.1 Å². The summed E-state index contributed by atoms with van der Waals surface area (Å²) in [4.78, 5) is 12.4. The number of para-hydroxylation sites is 1. The van der Waals surface area contributed by atoms with Crippen molar-refractivity contribution in [3.05, 3.63) is 83.1 Å². The molecular weight excluding hydrogens is 352 g/mol. The molecule has 0 aliphatic carbocycles. The van der Waals surface area contributed by atoms with E-state index in [0.717, 1.165) is 11.3 Å². The Morgan fingerprint density at radius 2 is 1.85 bits per heavy atom. The van der Waals surface area contributed by atoms with Gasteiger partial charge >= 0.3 is 7.12 Å². The Morgan fingerprint density at radius 3 is 2.50 bits per heavy atom. The quantitative estimate of drug-likeness (QED) is 0.579. The van der Waals surface area contributed by atoms with Crippen molar-refractivity contribution < 1.29 is 14.8 Å². The first-order valence-electron chi connectivity index (χ1n) is 8.04. The zero-order valence-electron chi connectivity index (χ0n) is 13.8. The molecule has 26 heavy (non-hydrogen) atoms. The van der Waals surface area contributed by atoms with Crippen molar-refractivity contribution >= 4 is 24.6 Å². The van der Waals surface area contributed by atoms with Crippen LogP contribution in [0.1, 0.15) is 15.9 Å². The van der Waals surface area contributed by atoms with Crippen LogP contribution < -0.4 is 5.32 Å². The van der Waals surface area contributed by atoms with Crippen LogP contribution in [0.5, 0.6) is 0 Å². The second-order valence-corrected chi connectivity index (χ2v) is 6.27. The summed E-state index contributed by atoms with van der Waals surface area (Å²) >= 11 is 5.85. The van der Waals surface area contributed by atoms with Crippen LogP contribution in [0.3, 0.4) is 0 Å². The topological polar surface area (TPSA) is 87.4 Å². The molecule has 1 aromatic heterocycles. The minimum atomic E-state index is -1.70. The van der Waals surface area contributed by atoms with Gasteiger partial charge in [0.15, 0.2) is 0 Å². The summed E-state index contributed by atoms with van der Waals surface area (Å²) in [6.07, 6.45) is 3.28. The van der Waals surface area contributed by atoms with Gasteiger partial charge in [-0.3, -0.25) is 4.79 Å². The van der Waals surface area contributed by atoms with E-state index in [2.05, 4.69) is 10.4 Å². The molecule has 0 aliphatic heterocycles. The SMILES string of the molecule is O=C(N[C@@H](Cc1ccc(Cl)cc1)B(O)O)c1cnn(-c2ccccc2)c1. The van der Waals surface area contributed by atoms with Crippen LogP contribution in [0.25, 0.3) is 5.69 Å². The summed E-state index contributed by atoms with van der Waals surface area (Å²) < 4.78 is 1.58. The lowest BCUT2D eigenvalue weighted by Gasteiger charge is -2.17. The number of halogens is 1. The van der Waals surface area contributed by atoms with Crippen LogP contribution >= 0.6 is 11.6 Å². The van der Waals surface area contributed by atoms with Crippen LogP contribution in [0.4, 0.5) is 0 Å². The number of nitrogens with zero attached hydrogens (tertiary/aromatic N) is 2. The molecule has 0 aliphatic rings. The van der Waals surface area contributed by atoms with Gasteiger partial charge in [0.05, 0.1) is 23.4 Å². The van der Waals surface area contributed by atoms with Gasteiger partial charge in [0.2, 0.25) is 0 Å². The van der Waals surface area contributed by atoms with E-state index in [-0.39, 0.29) is 6.42 Å². The number of aromatic nitrogens is 2. The number of benzene rings is 2. The highest BCUT2D eigenvalue weighted by molar-refractivity contribution is 6.43. The summed E-state index contributed by atoms with van der Waals surface area (Å²) in [6.45, 7) is 0. The molecule has 3 rings (SSSR count). The smallest absolute Gasteiger partial charge is 0.426 e. The van der Waals surface area contributed by atoms with E-state index < -0.39 is 19.0 Å². The lowest BCUT2D eigenvalue weighted by atomic mass is 9.76. The first-order chi connectivity index (χ1) is 12.5. The van der Waals surface area contributed by atoms with Crippen LogP contribution in [0.15, 0.2) is 67.0 Å². The number of hydrogen-bond acceptors (Lipinski definition) is 4. The molecule has 2 aromatic carbocycles. The molecular formula is C18H17BClN3O3. The Labute approximate surface area is 156 Å². The predicted molar refractivity (Wildman–Crippen MR) is 100 cm³/mol. The van der Waals surface area contributed by atoms with E-state index in [1.165, 1.54) is 6.20 Å². The third kappa shape index (κ3) is 4.52. The minimum Gasteiger partial charge on any atom is -0.426 e. The van der Waals surface area contributed by atoms with E-state index in [1.54, 1.807) is 35.1 Å². The van der Waals surface area contributed by atoms with Gasteiger partial charge in [0.25, 0.3) is 5.91 Å². The summed E-state index contributed by atoms with van der Waals surface area (Å²) in [5.74, 6) is -1.29. The van der Waals surface area contributed by atoms with Crippen molar-refractivity contribution in [2.45, 2.75) is 12.4 Å². The Balaban J connectivity index is 1.70. The zero-order valence-corrected chi connectivity index (χ0v) is 14.5. The van der Waals surface area contributed by atoms with Gasteiger partial charge in [-0.15, -0.1) is 0 Å². The van der Waals surface area contributed by atoms with Gasteiger partial charge in [0.1, 0.15) is 0 Å². The maximum absolute atomic E-state index is 12.4. The van der Waals surface area contributed by atoms with Crippen LogP contribution in [0.2, 0.25) is 5.02 Å². The third-order valence-electron chi connectivity index (χ3n) is 3.91. The van der Waals surface area contributed by atoms with Crippen LogP contribution in [-0.4, -0.2) is 38.8 Å². The van der Waals surface area contributed by atoms with Gasteiger partial charge in [0, 0.05) is 11.2 Å². The fraction of sp³-hybridized carbons (Fsp3) is 0.111. The van der Waals surface area contributed by atoms with Crippen LogP contribution in [-0.2, 0) is 6.42 Å². The number of amides is 1. The van der Waals surface area contributed by atoms with E-state index in [1.807, 2.05) is 30.3 Å². The normalized spacial score (nSPS) is 11.8. The van der Waals surface area contributed by atoms with Gasteiger partial charge < -0.3 is 15.4 Å². The largest absolute Gasteiger partial charge is 0.475 e. The Bertz CT molecular complexity index is 869. The number of hydrogen-bond donors (Lipinski definition) is 3. The second kappa shape index (κ2) is 8.18. The maximum atomic E-state index is 12.4. The Hall–Kier alpha value is -2.61. The summed E-state index contributed by atoms with van der Waals surface area (Å²) in [7, 11) is -1.70. The average molecular weight is 370 g/mol. The number of nitrogens with one attached hydrogen (secondary N) is 1. The highest BCUT2D eigenvalue weighted by Crippen LogP contribution is 2.12. The molecule has 1 heterocycles. The first-order valence-corrected chi connectivity index (χ1v) is 8.42. The first kappa shape index (κ1) is 18.2. The number of rotatable bonds is 6. The molecule has 0 spiro atoms. The summed E-state index contributed by atoms with van der Waals surface area (Å²) in [5.41, 5.74) is 1.98. The molecule has 0 unspecified atom stereocenters. The summed E-state index contributed by atoms with van der Waals surface area (Å²) in [6, 6.07) is 16.4. The van der Waals surface area contributed by atoms with Crippen LogP contribution in [0, 0.1) is 0 Å². The van der Waals surface area contributed by atoms with Crippen molar-refractivity contribution in [3.63, 3.8) is 0 Å². The lowest BCUT2D eigenvalue weighted by Crippen LogP contribution is -2.47. The molecule has 0 bridgehead atoms. The number of carbonyl (C=O) groups is 1. The predicted octanol–water partition coefficient (Wildman–Crippen LogP) is 1.88. The molecule has 3 aromatic rings. The van der Waals surface area contributed by atoms with E-state index in [0.29, 0.717) is 10.6 Å². The van der Waals surface area contributed by atoms with Gasteiger partial charge in [-0.2, -0.15) is 5.10 Å². The molecule has 1 amide bonds. The van der Waals surface area contributed by atoms with Gasteiger partial charge in [-0.1, -0.05) is 41.9 Å². The average Bonchev–Trinajstić information content (AvgIpc) is 3.14. The maximum Gasteiger partial charge on any atom is 0.475 e. The van der Waals surface area contributed by atoms with Gasteiger partial charge in [-0.25, -0.2) is 4.68 Å². The second-order valence-electron chi connectivity index (χ2n) is 5.83. The molecule has 0 saturated heterocycles. The molecule has 8 heteroatoms. The molecule has 1 atom stereocenters. The third-order valence-corrected chi connectivity index (χ3v) is 4.16. The molecule has 0 saturated carbocycles. The highest BCUT2D eigenvalue weighted by Gasteiger charge is 2.26. The van der Waals surface area contributed by atoms with Gasteiger partial charge in [-0.05, 0) is 36.2 Å².